The average Bonchev–Trinajstić information content (AvgIpc) is 3.12. The highest BCUT2D eigenvalue weighted by atomic mass is 16.5. The molecule has 0 fully saturated rings. The number of rotatable bonds is 7. The number of nitrogens with zero attached hydrogens (tertiary/aromatic N) is 1. The molecule has 0 aromatic heterocycles. The molecule has 0 aliphatic carbocycles. The summed E-state index contributed by atoms with van der Waals surface area (Å²) in [5.74, 6) is 0.481. The Balaban J connectivity index is 1.26. The minimum atomic E-state index is -0.193. The van der Waals surface area contributed by atoms with Gasteiger partial charge in [-0.05, 0) is 41.5 Å². The lowest BCUT2D eigenvalue weighted by atomic mass is 10.0. The van der Waals surface area contributed by atoms with E-state index in [1.165, 1.54) is 10.5 Å². The number of fused-ring (bicyclic) bond motifs is 2. The minimum absolute atomic E-state index is 0.193. The smallest absolute Gasteiger partial charge is 0.261 e. The second kappa shape index (κ2) is 9.36. The quantitative estimate of drug-likeness (QED) is 0.249. The fourth-order valence-corrected chi connectivity index (χ4v) is 4.54. The maximum atomic E-state index is 12.5. The zero-order chi connectivity index (χ0) is 23.5. The number of ether oxygens (including phenoxy) is 1. The first kappa shape index (κ1) is 21.7. The lowest BCUT2D eigenvalue weighted by molar-refractivity contribution is 0.0652. The SMILES string of the molecule is COc1c(C=Cc2cccc(CCCN3C(=O)c4ccccc4C3=O)c2)ccc2ccccc12. The molecule has 1 aliphatic rings. The molecule has 2 amide bonds. The summed E-state index contributed by atoms with van der Waals surface area (Å²) in [5, 5.41) is 2.24. The predicted molar refractivity (Wildman–Crippen MR) is 136 cm³/mol. The van der Waals surface area contributed by atoms with E-state index in [1.807, 2.05) is 18.2 Å². The van der Waals surface area contributed by atoms with Gasteiger partial charge >= 0.3 is 0 Å². The number of amides is 2. The predicted octanol–water partition coefficient (Wildman–Crippen LogP) is 6.25. The number of hydrogen-bond donors (Lipinski definition) is 0. The summed E-state index contributed by atoms with van der Waals surface area (Å²) in [5.41, 5.74) is 4.29. The fourth-order valence-electron chi connectivity index (χ4n) is 4.54. The van der Waals surface area contributed by atoms with Crippen LogP contribution in [-0.2, 0) is 6.42 Å². The molecule has 0 saturated heterocycles. The molecule has 0 unspecified atom stereocenters. The molecular formula is C30H25NO3. The number of imide groups is 1. The molecule has 1 heterocycles. The van der Waals surface area contributed by atoms with Crippen LogP contribution in [-0.4, -0.2) is 30.4 Å². The van der Waals surface area contributed by atoms with E-state index in [9.17, 15) is 9.59 Å². The Hall–Kier alpha value is -4.18. The van der Waals surface area contributed by atoms with Gasteiger partial charge in [-0.1, -0.05) is 84.9 Å². The molecule has 0 N–H and O–H groups in total. The van der Waals surface area contributed by atoms with Crippen molar-refractivity contribution in [2.75, 3.05) is 13.7 Å². The van der Waals surface area contributed by atoms with Gasteiger partial charge in [0.15, 0.2) is 0 Å². The van der Waals surface area contributed by atoms with Crippen molar-refractivity contribution in [3.8, 4) is 5.75 Å². The monoisotopic (exact) mass is 447 g/mol. The first-order valence-electron chi connectivity index (χ1n) is 11.4. The van der Waals surface area contributed by atoms with Crippen LogP contribution in [0.5, 0.6) is 5.75 Å². The summed E-state index contributed by atoms with van der Waals surface area (Å²) < 4.78 is 5.70. The van der Waals surface area contributed by atoms with Crippen LogP contribution in [0.3, 0.4) is 0 Å². The average molecular weight is 448 g/mol. The van der Waals surface area contributed by atoms with Crippen LogP contribution in [0, 0.1) is 0 Å². The normalized spacial score (nSPS) is 13.1. The molecule has 4 heteroatoms. The summed E-state index contributed by atoms with van der Waals surface area (Å²) in [6, 6.07) is 27.7. The maximum Gasteiger partial charge on any atom is 0.261 e. The number of benzene rings is 4. The Labute approximate surface area is 199 Å². The number of carbonyl (C=O) groups excluding carboxylic acids is 2. The number of aryl methyl sites for hydroxylation is 1. The molecular weight excluding hydrogens is 422 g/mol. The van der Waals surface area contributed by atoms with Gasteiger partial charge in [-0.15, -0.1) is 0 Å². The maximum absolute atomic E-state index is 12.5. The van der Waals surface area contributed by atoms with Gasteiger partial charge in [0.2, 0.25) is 0 Å². The third-order valence-corrected chi connectivity index (χ3v) is 6.25. The number of carbonyl (C=O) groups is 2. The summed E-state index contributed by atoms with van der Waals surface area (Å²) in [6.07, 6.45) is 5.66. The minimum Gasteiger partial charge on any atom is -0.495 e. The summed E-state index contributed by atoms with van der Waals surface area (Å²) in [6.45, 7) is 0.417. The van der Waals surface area contributed by atoms with E-state index >= 15 is 0 Å². The molecule has 0 atom stereocenters. The summed E-state index contributed by atoms with van der Waals surface area (Å²) >= 11 is 0. The van der Waals surface area contributed by atoms with Gasteiger partial charge < -0.3 is 4.74 Å². The van der Waals surface area contributed by atoms with Crippen LogP contribution in [0.15, 0.2) is 84.9 Å². The lowest BCUT2D eigenvalue weighted by Gasteiger charge is -2.13. The van der Waals surface area contributed by atoms with Gasteiger partial charge in [0.25, 0.3) is 11.8 Å². The molecule has 4 aromatic rings. The van der Waals surface area contributed by atoms with Crippen LogP contribution < -0.4 is 4.74 Å². The van der Waals surface area contributed by atoms with Gasteiger partial charge in [0.1, 0.15) is 5.75 Å². The summed E-state index contributed by atoms with van der Waals surface area (Å²) in [4.78, 5) is 26.4. The Morgan fingerprint density at radius 3 is 2.29 bits per heavy atom. The molecule has 0 spiro atoms. The Morgan fingerprint density at radius 2 is 1.53 bits per heavy atom. The van der Waals surface area contributed by atoms with Gasteiger partial charge in [-0.2, -0.15) is 0 Å². The van der Waals surface area contributed by atoms with Crippen LogP contribution in [0.25, 0.3) is 22.9 Å². The van der Waals surface area contributed by atoms with Crippen LogP contribution in [0.1, 0.15) is 43.8 Å². The van der Waals surface area contributed by atoms with E-state index in [1.54, 1.807) is 31.4 Å². The van der Waals surface area contributed by atoms with E-state index in [2.05, 4.69) is 54.6 Å². The summed E-state index contributed by atoms with van der Waals surface area (Å²) in [7, 11) is 1.70. The molecule has 168 valence electrons. The Morgan fingerprint density at radius 1 is 0.794 bits per heavy atom. The molecule has 1 aliphatic heterocycles. The van der Waals surface area contributed by atoms with Crippen molar-refractivity contribution in [3.63, 3.8) is 0 Å². The van der Waals surface area contributed by atoms with E-state index in [0.717, 1.165) is 40.5 Å². The lowest BCUT2D eigenvalue weighted by Crippen LogP contribution is -2.30. The van der Waals surface area contributed by atoms with Crippen molar-refractivity contribution in [2.45, 2.75) is 12.8 Å². The topological polar surface area (TPSA) is 46.6 Å². The van der Waals surface area contributed by atoms with Crippen molar-refractivity contribution < 1.29 is 14.3 Å². The van der Waals surface area contributed by atoms with E-state index < -0.39 is 0 Å². The highest BCUT2D eigenvalue weighted by Crippen LogP contribution is 2.31. The zero-order valence-electron chi connectivity index (χ0n) is 19.0. The molecule has 0 radical (unpaired) electrons. The van der Waals surface area contributed by atoms with Gasteiger partial charge in [0, 0.05) is 17.5 Å². The van der Waals surface area contributed by atoms with Crippen LogP contribution in [0.4, 0.5) is 0 Å². The molecule has 4 nitrogen and oxygen atoms in total. The number of hydrogen-bond acceptors (Lipinski definition) is 3. The van der Waals surface area contributed by atoms with Crippen molar-refractivity contribution in [1.82, 2.24) is 4.90 Å². The van der Waals surface area contributed by atoms with Crippen molar-refractivity contribution in [1.29, 1.82) is 0 Å². The largest absolute Gasteiger partial charge is 0.495 e. The van der Waals surface area contributed by atoms with E-state index in [0.29, 0.717) is 17.7 Å². The zero-order valence-corrected chi connectivity index (χ0v) is 19.0. The van der Waals surface area contributed by atoms with Crippen molar-refractivity contribution in [3.05, 3.63) is 113 Å². The van der Waals surface area contributed by atoms with Crippen LogP contribution >= 0.6 is 0 Å². The van der Waals surface area contributed by atoms with Gasteiger partial charge in [-0.3, -0.25) is 14.5 Å². The molecule has 34 heavy (non-hydrogen) atoms. The second-order valence-corrected chi connectivity index (χ2v) is 8.40. The fraction of sp³-hybridized carbons (Fsp3) is 0.133. The second-order valence-electron chi connectivity index (χ2n) is 8.40. The third kappa shape index (κ3) is 4.11. The van der Waals surface area contributed by atoms with Crippen LogP contribution in [0.2, 0.25) is 0 Å². The van der Waals surface area contributed by atoms with Gasteiger partial charge in [0.05, 0.1) is 18.2 Å². The standard InChI is InChI=1S/C30H25NO3/c1-34-28-24(18-17-23-11-2-3-12-25(23)28)16-15-22-9-6-8-21(20-22)10-7-19-31-29(32)26-13-4-5-14-27(26)30(31)33/h2-6,8-9,11-18,20H,7,10,19H2,1H3. The third-order valence-electron chi connectivity index (χ3n) is 6.25. The van der Waals surface area contributed by atoms with E-state index in [-0.39, 0.29) is 11.8 Å². The van der Waals surface area contributed by atoms with Gasteiger partial charge in [-0.25, -0.2) is 0 Å². The molecule has 0 bridgehead atoms. The Kier molecular flexibility index (Phi) is 5.96. The Bertz CT molecular complexity index is 1380. The van der Waals surface area contributed by atoms with Crippen molar-refractivity contribution in [2.24, 2.45) is 0 Å². The first-order chi connectivity index (χ1) is 16.7. The molecule has 4 aromatic carbocycles. The molecule has 0 saturated carbocycles. The van der Waals surface area contributed by atoms with Crippen molar-refractivity contribution >= 4 is 34.7 Å². The highest BCUT2D eigenvalue weighted by molar-refractivity contribution is 6.21. The highest BCUT2D eigenvalue weighted by Gasteiger charge is 2.34. The number of methoxy groups -OCH3 is 1. The van der Waals surface area contributed by atoms with E-state index in [4.69, 9.17) is 4.74 Å². The first-order valence-corrected chi connectivity index (χ1v) is 11.4. The molecule has 5 rings (SSSR count).